The van der Waals surface area contributed by atoms with Gasteiger partial charge in [0.05, 0.1) is 5.39 Å². The summed E-state index contributed by atoms with van der Waals surface area (Å²) in [7, 11) is 1.90. The van der Waals surface area contributed by atoms with E-state index in [0.717, 1.165) is 54.3 Å². The molecule has 0 bridgehead atoms. The highest BCUT2D eigenvalue weighted by atomic mass is 35.5. The van der Waals surface area contributed by atoms with Crippen molar-refractivity contribution in [2.45, 2.75) is 26.8 Å². The fourth-order valence-electron chi connectivity index (χ4n) is 4.45. The zero-order valence-electron chi connectivity index (χ0n) is 19.2. The molecule has 2 N–H and O–H groups in total. The number of anilines is 4. The van der Waals surface area contributed by atoms with Crippen LogP contribution in [0.2, 0.25) is 0 Å². The Morgan fingerprint density at radius 1 is 1.06 bits per heavy atom. The summed E-state index contributed by atoms with van der Waals surface area (Å²) >= 11 is 5.94. The van der Waals surface area contributed by atoms with Gasteiger partial charge < -0.3 is 10.6 Å². The zero-order chi connectivity index (χ0) is 22.9. The van der Waals surface area contributed by atoms with Crippen LogP contribution in [0.15, 0.2) is 42.6 Å². The normalized spacial score (nSPS) is 13.8. The number of halogens is 1. The summed E-state index contributed by atoms with van der Waals surface area (Å²) in [5, 5.41) is 12.4. The number of alkyl halides is 1. The van der Waals surface area contributed by atoms with E-state index in [9.17, 15) is 0 Å². The summed E-state index contributed by atoms with van der Waals surface area (Å²) in [4.78, 5) is 11.7. The number of nitrogens with zero attached hydrogens (tertiary/aromatic N) is 5. The average molecular weight is 462 g/mol. The minimum Gasteiger partial charge on any atom is -0.338 e. The molecule has 7 nitrogen and oxygen atoms in total. The van der Waals surface area contributed by atoms with Gasteiger partial charge in [-0.25, -0.2) is 9.67 Å². The number of benzene rings is 2. The van der Waals surface area contributed by atoms with E-state index in [-0.39, 0.29) is 0 Å². The Labute approximate surface area is 198 Å². The molecule has 4 aromatic rings. The van der Waals surface area contributed by atoms with Gasteiger partial charge in [0.15, 0.2) is 11.5 Å². The molecule has 0 radical (unpaired) electrons. The molecule has 2 aromatic heterocycles. The second-order valence-electron chi connectivity index (χ2n) is 8.62. The van der Waals surface area contributed by atoms with Crippen molar-refractivity contribution in [2.24, 2.45) is 7.05 Å². The molecule has 5 rings (SSSR count). The van der Waals surface area contributed by atoms with Gasteiger partial charge in [-0.05, 0) is 54.7 Å². The van der Waals surface area contributed by atoms with Crippen molar-refractivity contribution in [3.8, 4) is 0 Å². The maximum Gasteiger partial charge on any atom is 0.229 e. The minimum atomic E-state index is 0.553. The summed E-state index contributed by atoms with van der Waals surface area (Å²) in [6, 6.07) is 12.7. The van der Waals surface area contributed by atoms with Crippen LogP contribution in [-0.4, -0.2) is 43.6 Å². The Morgan fingerprint density at radius 2 is 1.88 bits per heavy atom. The quantitative estimate of drug-likeness (QED) is 0.391. The number of rotatable bonds is 6. The van der Waals surface area contributed by atoms with Crippen LogP contribution in [0.25, 0.3) is 11.0 Å². The second-order valence-corrected chi connectivity index (χ2v) is 9.00. The van der Waals surface area contributed by atoms with Crippen LogP contribution < -0.4 is 10.6 Å². The Morgan fingerprint density at radius 3 is 2.67 bits per heavy atom. The van der Waals surface area contributed by atoms with Crippen molar-refractivity contribution in [1.82, 2.24) is 24.6 Å². The van der Waals surface area contributed by atoms with Crippen molar-refractivity contribution in [2.75, 3.05) is 29.6 Å². The third kappa shape index (κ3) is 4.38. The predicted molar refractivity (Wildman–Crippen MR) is 135 cm³/mol. The van der Waals surface area contributed by atoms with Crippen LogP contribution in [0, 0.1) is 13.8 Å². The maximum atomic E-state index is 5.94. The fraction of sp³-hybridized carbons (Fsp3) is 0.320. The molecule has 0 saturated heterocycles. The molecule has 0 aliphatic carbocycles. The first-order chi connectivity index (χ1) is 16.0. The summed E-state index contributed by atoms with van der Waals surface area (Å²) in [6.45, 7) is 7.08. The number of hydrogen-bond acceptors (Lipinski definition) is 6. The predicted octanol–water partition coefficient (Wildman–Crippen LogP) is 5.06. The van der Waals surface area contributed by atoms with Crippen LogP contribution in [-0.2, 0) is 20.0 Å². The molecule has 0 unspecified atom stereocenters. The Kier molecular flexibility index (Phi) is 5.91. The first kappa shape index (κ1) is 21.7. The first-order valence-corrected chi connectivity index (χ1v) is 11.8. The number of fused-ring (bicyclic) bond motifs is 2. The fourth-order valence-corrected chi connectivity index (χ4v) is 4.69. The third-order valence-electron chi connectivity index (χ3n) is 6.26. The highest BCUT2D eigenvalue weighted by molar-refractivity contribution is 6.18. The van der Waals surface area contributed by atoms with Crippen LogP contribution in [0.3, 0.4) is 0 Å². The van der Waals surface area contributed by atoms with Crippen LogP contribution in [0.5, 0.6) is 0 Å². The van der Waals surface area contributed by atoms with Crippen molar-refractivity contribution in [3.63, 3.8) is 0 Å². The molecule has 1 aliphatic heterocycles. The van der Waals surface area contributed by atoms with Gasteiger partial charge >= 0.3 is 0 Å². The Hall–Kier alpha value is -3.16. The number of hydrogen-bond donors (Lipinski definition) is 2. The summed E-state index contributed by atoms with van der Waals surface area (Å²) < 4.78 is 1.79. The molecular formula is C25H28ClN7. The third-order valence-corrected chi connectivity index (χ3v) is 6.43. The highest BCUT2D eigenvalue weighted by Crippen LogP contribution is 2.29. The lowest BCUT2D eigenvalue weighted by atomic mass is 9.99. The molecule has 8 heteroatoms. The number of para-hydroxylation sites is 1. The lowest BCUT2D eigenvalue weighted by molar-refractivity contribution is 0.270. The van der Waals surface area contributed by atoms with Crippen molar-refractivity contribution in [3.05, 3.63) is 64.8 Å². The van der Waals surface area contributed by atoms with E-state index >= 15 is 0 Å². The molecule has 170 valence electrons. The van der Waals surface area contributed by atoms with Gasteiger partial charge in [0.1, 0.15) is 0 Å². The van der Waals surface area contributed by atoms with E-state index in [0.29, 0.717) is 11.8 Å². The van der Waals surface area contributed by atoms with Gasteiger partial charge in [0, 0.05) is 50.1 Å². The minimum absolute atomic E-state index is 0.553. The highest BCUT2D eigenvalue weighted by Gasteiger charge is 2.17. The molecule has 0 saturated carbocycles. The van der Waals surface area contributed by atoms with Crippen molar-refractivity contribution in [1.29, 1.82) is 0 Å². The van der Waals surface area contributed by atoms with E-state index < -0.39 is 0 Å². The average Bonchev–Trinajstić information content (AvgIpc) is 3.11. The van der Waals surface area contributed by atoms with Gasteiger partial charge in [0.25, 0.3) is 0 Å². The molecule has 2 aromatic carbocycles. The monoisotopic (exact) mass is 461 g/mol. The Bertz CT molecular complexity index is 1290. The van der Waals surface area contributed by atoms with E-state index in [4.69, 9.17) is 16.6 Å². The van der Waals surface area contributed by atoms with Crippen molar-refractivity contribution >= 4 is 45.8 Å². The molecule has 3 heterocycles. The smallest absolute Gasteiger partial charge is 0.229 e. The summed E-state index contributed by atoms with van der Waals surface area (Å²) in [5.74, 6) is 1.97. The van der Waals surface area contributed by atoms with E-state index in [1.165, 1.54) is 22.3 Å². The molecule has 0 fully saturated rings. The number of aromatic nitrogens is 4. The molecule has 0 spiro atoms. The first-order valence-electron chi connectivity index (χ1n) is 11.2. The van der Waals surface area contributed by atoms with Crippen LogP contribution >= 0.6 is 11.6 Å². The topological polar surface area (TPSA) is 70.9 Å². The summed E-state index contributed by atoms with van der Waals surface area (Å²) in [5.41, 5.74) is 7.89. The number of nitrogens with one attached hydrogen (secondary N) is 2. The standard InChI is InChI=1S/C25H28ClN7/c1-16-5-4-6-17(2)22(16)29-23-21-14-27-25(30-24(21)32(3)31-23)28-20-8-7-18-9-11-33(12-10-26)15-19(18)13-20/h4-8,13-14H,9-12,15H2,1-3H3,(H,29,31)(H,27,28,30). The van der Waals surface area contributed by atoms with Gasteiger partial charge in [-0.1, -0.05) is 24.3 Å². The second kappa shape index (κ2) is 9.00. The largest absolute Gasteiger partial charge is 0.338 e. The zero-order valence-corrected chi connectivity index (χ0v) is 19.9. The maximum absolute atomic E-state index is 5.94. The molecular weight excluding hydrogens is 434 g/mol. The molecule has 0 atom stereocenters. The molecule has 1 aliphatic rings. The van der Waals surface area contributed by atoms with E-state index in [1.54, 1.807) is 4.68 Å². The molecule has 33 heavy (non-hydrogen) atoms. The number of aryl methyl sites for hydroxylation is 3. The van der Waals surface area contributed by atoms with Gasteiger partial charge in [-0.3, -0.25) is 4.90 Å². The van der Waals surface area contributed by atoms with Crippen LogP contribution in [0.1, 0.15) is 22.3 Å². The van der Waals surface area contributed by atoms with Crippen LogP contribution in [0.4, 0.5) is 23.1 Å². The van der Waals surface area contributed by atoms with E-state index in [2.05, 4.69) is 75.9 Å². The van der Waals surface area contributed by atoms with Gasteiger partial charge in [0.2, 0.25) is 5.95 Å². The van der Waals surface area contributed by atoms with Gasteiger partial charge in [-0.2, -0.15) is 10.1 Å². The SMILES string of the molecule is Cc1cccc(C)c1Nc1nn(C)c2nc(Nc3ccc4c(c3)CN(CCCl)CC4)ncc12. The lowest BCUT2D eigenvalue weighted by Gasteiger charge is -2.28. The van der Waals surface area contributed by atoms with E-state index in [1.807, 2.05) is 13.2 Å². The van der Waals surface area contributed by atoms with Crippen molar-refractivity contribution < 1.29 is 0 Å². The Balaban J connectivity index is 1.40. The van der Waals surface area contributed by atoms with Gasteiger partial charge in [-0.15, -0.1) is 11.6 Å². The summed E-state index contributed by atoms with van der Waals surface area (Å²) in [6.07, 6.45) is 2.88. The molecule has 0 amide bonds. The lowest BCUT2D eigenvalue weighted by Crippen LogP contribution is -2.32.